The van der Waals surface area contributed by atoms with Crippen LogP contribution < -0.4 is 0 Å². The average molecular weight is 226 g/mol. The van der Waals surface area contributed by atoms with Crippen LogP contribution in [0.25, 0.3) is 0 Å². The second kappa shape index (κ2) is 5.15. The van der Waals surface area contributed by atoms with Crippen LogP contribution in [0.4, 0.5) is 0 Å². The number of nitrogens with zero attached hydrogens (tertiary/aromatic N) is 2. The highest BCUT2D eigenvalue weighted by molar-refractivity contribution is 5.78. The van der Waals surface area contributed by atoms with Crippen LogP contribution in [0, 0.1) is 11.8 Å². The van der Waals surface area contributed by atoms with E-state index in [1.807, 2.05) is 4.90 Å². The third-order valence-corrected chi connectivity index (χ3v) is 3.66. The summed E-state index contributed by atoms with van der Waals surface area (Å²) >= 11 is 0. The van der Waals surface area contributed by atoms with E-state index in [1.54, 1.807) is 0 Å². The van der Waals surface area contributed by atoms with E-state index in [2.05, 4.69) is 11.8 Å². The number of aliphatic hydroxyl groups excluding tert-OH is 1. The van der Waals surface area contributed by atoms with Crippen molar-refractivity contribution in [2.75, 3.05) is 39.3 Å². The quantitative estimate of drug-likeness (QED) is 0.746. The van der Waals surface area contributed by atoms with Gasteiger partial charge >= 0.3 is 0 Å². The van der Waals surface area contributed by atoms with Gasteiger partial charge in [0.15, 0.2) is 0 Å². The molecule has 0 aromatic carbocycles. The fourth-order valence-electron chi connectivity index (χ4n) is 2.63. The van der Waals surface area contributed by atoms with Crippen LogP contribution in [0.2, 0.25) is 0 Å². The first kappa shape index (κ1) is 11.9. The number of hydrogen-bond donors (Lipinski definition) is 1. The van der Waals surface area contributed by atoms with E-state index in [4.69, 9.17) is 5.11 Å². The molecule has 92 valence electrons. The van der Waals surface area contributed by atoms with E-state index in [0.717, 1.165) is 32.6 Å². The number of piperidine rings is 1. The molecule has 1 amide bonds. The second-order valence-corrected chi connectivity index (χ2v) is 5.33. The molecule has 2 heterocycles. The molecule has 0 spiro atoms. The molecule has 4 heteroatoms. The molecule has 2 rings (SSSR count). The van der Waals surface area contributed by atoms with E-state index in [-0.39, 0.29) is 12.5 Å². The molecule has 0 aliphatic carbocycles. The standard InChI is InChI=1S/C12H22N2O2/c1-10-3-2-4-14(5-10)12(16)8-13-6-11(7-13)9-15/h10-11,15H,2-9H2,1H3. The Morgan fingerprint density at radius 1 is 1.38 bits per heavy atom. The lowest BCUT2D eigenvalue weighted by molar-refractivity contribution is -0.136. The van der Waals surface area contributed by atoms with Crippen LogP contribution >= 0.6 is 0 Å². The van der Waals surface area contributed by atoms with E-state index in [9.17, 15) is 4.79 Å². The normalized spacial score (nSPS) is 27.9. The molecular weight excluding hydrogens is 204 g/mol. The molecule has 1 N–H and O–H groups in total. The average Bonchev–Trinajstić information content (AvgIpc) is 2.22. The van der Waals surface area contributed by atoms with Gasteiger partial charge in [0.25, 0.3) is 0 Å². The predicted octanol–water partition coefficient (Wildman–Crippen LogP) is 0.169. The molecule has 2 aliphatic rings. The van der Waals surface area contributed by atoms with Crippen molar-refractivity contribution in [2.24, 2.45) is 11.8 Å². The van der Waals surface area contributed by atoms with Gasteiger partial charge in [-0.1, -0.05) is 6.92 Å². The van der Waals surface area contributed by atoms with Crippen molar-refractivity contribution in [2.45, 2.75) is 19.8 Å². The monoisotopic (exact) mass is 226 g/mol. The largest absolute Gasteiger partial charge is 0.396 e. The highest BCUT2D eigenvalue weighted by atomic mass is 16.3. The Hall–Kier alpha value is -0.610. The van der Waals surface area contributed by atoms with Gasteiger partial charge in [-0.2, -0.15) is 0 Å². The number of hydrogen-bond acceptors (Lipinski definition) is 3. The summed E-state index contributed by atoms with van der Waals surface area (Å²) in [5, 5.41) is 8.90. The van der Waals surface area contributed by atoms with Gasteiger partial charge in [-0.15, -0.1) is 0 Å². The minimum absolute atomic E-state index is 0.255. The second-order valence-electron chi connectivity index (χ2n) is 5.33. The summed E-state index contributed by atoms with van der Waals surface area (Å²) in [5.74, 6) is 1.32. The number of amides is 1. The van der Waals surface area contributed by atoms with Gasteiger partial charge in [-0.05, 0) is 18.8 Å². The fraction of sp³-hybridized carbons (Fsp3) is 0.917. The molecule has 16 heavy (non-hydrogen) atoms. The van der Waals surface area contributed by atoms with Crippen molar-refractivity contribution in [3.8, 4) is 0 Å². The molecule has 0 saturated carbocycles. The van der Waals surface area contributed by atoms with Crippen LogP contribution in [-0.2, 0) is 4.79 Å². The SMILES string of the molecule is CC1CCCN(C(=O)CN2CC(CO)C2)C1. The summed E-state index contributed by atoms with van der Waals surface area (Å²) in [6.45, 7) is 6.63. The van der Waals surface area contributed by atoms with E-state index < -0.39 is 0 Å². The van der Waals surface area contributed by atoms with Gasteiger partial charge < -0.3 is 10.0 Å². The zero-order chi connectivity index (χ0) is 11.5. The Bertz CT molecular complexity index is 251. The van der Waals surface area contributed by atoms with Gasteiger partial charge in [0, 0.05) is 38.7 Å². The van der Waals surface area contributed by atoms with Crippen molar-refractivity contribution in [1.82, 2.24) is 9.80 Å². The fourth-order valence-corrected chi connectivity index (χ4v) is 2.63. The van der Waals surface area contributed by atoms with Gasteiger partial charge in [0.2, 0.25) is 5.91 Å². The van der Waals surface area contributed by atoms with Gasteiger partial charge in [-0.25, -0.2) is 0 Å². The number of likely N-dealkylation sites (tertiary alicyclic amines) is 2. The maximum Gasteiger partial charge on any atom is 0.236 e. The third kappa shape index (κ3) is 2.74. The minimum Gasteiger partial charge on any atom is -0.396 e. The summed E-state index contributed by atoms with van der Waals surface area (Å²) in [7, 11) is 0. The van der Waals surface area contributed by atoms with Crippen LogP contribution in [0.3, 0.4) is 0 Å². The first-order valence-corrected chi connectivity index (χ1v) is 6.30. The molecule has 1 unspecified atom stereocenters. The van der Waals surface area contributed by atoms with E-state index in [1.165, 1.54) is 6.42 Å². The van der Waals surface area contributed by atoms with Crippen LogP contribution in [0.5, 0.6) is 0 Å². The molecule has 0 aromatic heterocycles. The number of aliphatic hydroxyl groups is 1. The van der Waals surface area contributed by atoms with Gasteiger partial charge in [-0.3, -0.25) is 9.69 Å². The Labute approximate surface area is 97.2 Å². The van der Waals surface area contributed by atoms with Crippen LogP contribution in [-0.4, -0.2) is 60.1 Å². The maximum absolute atomic E-state index is 12.0. The molecule has 2 fully saturated rings. The summed E-state index contributed by atoms with van der Waals surface area (Å²) < 4.78 is 0. The highest BCUT2D eigenvalue weighted by Gasteiger charge is 2.29. The van der Waals surface area contributed by atoms with Crippen molar-refractivity contribution < 1.29 is 9.90 Å². The summed E-state index contributed by atoms with van der Waals surface area (Å²) in [4.78, 5) is 16.1. The van der Waals surface area contributed by atoms with Crippen molar-refractivity contribution >= 4 is 5.91 Å². The Morgan fingerprint density at radius 3 is 2.75 bits per heavy atom. The van der Waals surface area contributed by atoms with Crippen molar-refractivity contribution in [3.63, 3.8) is 0 Å². The third-order valence-electron chi connectivity index (χ3n) is 3.66. The lowest BCUT2D eigenvalue weighted by atomic mass is 9.99. The molecule has 0 bridgehead atoms. The molecule has 2 saturated heterocycles. The highest BCUT2D eigenvalue weighted by Crippen LogP contribution is 2.18. The lowest BCUT2D eigenvalue weighted by Gasteiger charge is -2.39. The predicted molar refractivity (Wildman–Crippen MR) is 62.0 cm³/mol. The van der Waals surface area contributed by atoms with Crippen molar-refractivity contribution in [3.05, 3.63) is 0 Å². The van der Waals surface area contributed by atoms with Crippen LogP contribution in [0.15, 0.2) is 0 Å². The molecular formula is C12H22N2O2. The van der Waals surface area contributed by atoms with E-state index >= 15 is 0 Å². The lowest BCUT2D eigenvalue weighted by Crippen LogP contribution is -2.53. The molecule has 1 atom stereocenters. The molecule has 4 nitrogen and oxygen atoms in total. The topological polar surface area (TPSA) is 43.8 Å². The molecule has 0 aromatic rings. The first-order valence-electron chi connectivity index (χ1n) is 6.30. The Kier molecular flexibility index (Phi) is 3.82. The van der Waals surface area contributed by atoms with Crippen LogP contribution in [0.1, 0.15) is 19.8 Å². The Balaban J connectivity index is 1.71. The van der Waals surface area contributed by atoms with Gasteiger partial charge in [0.05, 0.1) is 6.54 Å². The number of carbonyl (C=O) groups is 1. The van der Waals surface area contributed by atoms with E-state index in [0.29, 0.717) is 18.4 Å². The molecule has 0 radical (unpaired) electrons. The summed E-state index contributed by atoms with van der Waals surface area (Å²) in [5.41, 5.74) is 0. The maximum atomic E-state index is 12.0. The summed E-state index contributed by atoms with van der Waals surface area (Å²) in [6.07, 6.45) is 2.40. The number of rotatable bonds is 3. The van der Waals surface area contributed by atoms with Crippen molar-refractivity contribution in [1.29, 1.82) is 0 Å². The zero-order valence-corrected chi connectivity index (χ0v) is 10.1. The van der Waals surface area contributed by atoms with Gasteiger partial charge in [0.1, 0.15) is 0 Å². The Morgan fingerprint density at radius 2 is 2.12 bits per heavy atom. The number of carbonyl (C=O) groups excluding carboxylic acids is 1. The molecule has 2 aliphatic heterocycles. The minimum atomic E-state index is 0.255. The summed E-state index contributed by atoms with van der Waals surface area (Å²) in [6, 6.07) is 0. The smallest absolute Gasteiger partial charge is 0.236 e. The first-order chi connectivity index (χ1) is 7.69. The zero-order valence-electron chi connectivity index (χ0n) is 10.1.